The van der Waals surface area contributed by atoms with E-state index in [1.165, 1.54) is 12.1 Å². The van der Waals surface area contributed by atoms with Crippen molar-refractivity contribution in [1.29, 1.82) is 5.26 Å². The van der Waals surface area contributed by atoms with Gasteiger partial charge in [0.05, 0.1) is 12.1 Å². The van der Waals surface area contributed by atoms with E-state index in [-0.39, 0.29) is 29.2 Å². The average molecular weight is 431 g/mol. The summed E-state index contributed by atoms with van der Waals surface area (Å²) >= 11 is 0. The summed E-state index contributed by atoms with van der Waals surface area (Å²) < 4.78 is 41.9. The summed E-state index contributed by atoms with van der Waals surface area (Å²) in [5, 5.41) is 9.06. The molecule has 0 aromatic heterocycles. The first-order valence-corrected chi connectivity index (χ1v) is 9.75. The number of hydrogen-bond donors (Lipinski definition) is 1. The molecule has 2 aromatic rings. The van der Waals surface area contributed by atoms with Gasteiger partial charge in [-0.2, -0.15) is 18.4 Å². The number of halogens is 3. The van der Waals surface area contributed by atoms with Crippen LogP contribution in [0, 0.1) is 17.2 Å². The molecule has 2 atom stereocenters. The van der Waals surface area contributed by atoms with E-state index in [0.29, 0.717) is 10.5 Å². The number of benzene rings is 2. The number of alkyl halides is 3. The zero-order valence-electron chi connectivity index (χ0n) is 17.3. The van der Waals surface area contributed by atoms with Crippen molar-refractivity contribution >= 4 is 11.7 Å². The molecule has 0 spiro atoms. The minimum absolute atomic E-state index is 0.00416. The second-order valence-corrected chi connectivity index (χ2v) is 7.62. The Bertz CT molecular complexity index is 935. The fourth-order valence-electron chi connectivity index (χ4n) is 3.31. The Morgan fingerprint density at radius 1 is 1.03 bits per heavy atom. The highest BCUT2D eigenvalue weighted by Crippen LogP contribution is 2.38. The zero-order valence-corrected chi connectivity index (χ0v) is 17.3. The summed E-state index contributed by atoms with van der Waals surface area (Å²) in [6.45, 7) is 2.83. The molecule has 0 saturated carbocycles. The van der Waals surface area contributed by atoms with Crippen molar-refractivity contribution in [2.75, 3.05) is 6.54 Å². The van der Waals surface area contributed by atoms with Crippen molar-refractivity contribution < 1.29 is 22.8 Å². The lowest BCUT2D eigenvalue weighted by Gasteiger charge is -2.33. The fourth-order valence-corrected chi connectivity index (χ4v) is 3.31. The van der Waals surface area contributed by atoms with Gasteiger partial charge in [-0.3, -0.25) is 9.59 Å². The van der Waals surface area contributed by atoms with Crippen molar-refractivity contribution in [2.24, 2.45) is 11.7 Å². The number of rotatable bonds is 8. The van der Waals surface area contributed by atoms with E-state index in [9.17, 15) is 22.8 Å². The van der Waals surface area contributed by atoms with Gasteiger partial charge in [-0.1, -0.05) is 68.4 Å². The maximum Gasteiger partial charge on any atom is 0.413 e. The van der Waals surface area contributed by atoms with Crippen LogP contribution in [0.25, 0.3) is 0 Å². The Morgan fingerprint density at radius 3 is 2.06 bits per heavy atom. The first kappa shape index (κ1) is 24.1. The summed E-state index contributed by atoms with van der Waals surface area (Å²) in [5.41, 5.74) is 6.19. The van der Waals surface area contributed by atoms with Gasteiger partial charge in [-0.05, 0) is 17.9 Å². The van der Waals surface area contributed by atoms with Gasteiger partial charge in [0.2, 0.25) is 5.91 Å². The molecule has 164 valence electrons. The highest BCUT2D eigenvalue weighted by molar-refractivity contribution is 6.08. The lowest BCUT2D eigenvalue weighted by Crippen LogP contribution is -2.49. The predicted molar refractivity (Wildman–Crippen MR) is 110 cm³/mol. The first-order chi connectivity index (χ1) is 14.6. The van der Waals surface area contributed by atoms with Gasteiger partial charge < -0.3 is 10.6 Å². The minimum Gasteiger partial charge on any atom is -0.320 e. The van der Waals surface area contributed by atoms with Gasteiger partial charge in [0.15, 0.2) is 11.8 Å². The number of nitriles is 1. The summed E-state index contributed by atoms with van der Waals surface area (Å²) in [6, 6.07) is 11.3. The Morgan fingerprint density at radius 2 is 1.58 bits per heavy atom. The highest BCUT2D eigenvalue weighted by Gasteiger charge is 2.47. The van der Waals surface area contributed by atoms with E-state index in [1.807, 2.05) is 0 Å². The monoisotopic (exact) mass is 431 g/mol. The molecule has 0 fully saturated rings. The van der Waals surface area contributed by atoms with Crippen LogP contribution >= 0.6 is 0 Å². The molecule has 31 heavy (non-hydrogen) atoms. The smallest absolute Gasteiger partial charge is 0.320 e. The van der Waals surface area contributed by atoms with Crippen molar-refractivity contribution in [3.05, 3.63) is 71.3 Å². The van der Waals surface area contributed by atoms with Gasteiger partial charge in [0, 0.05) is 11.1 Å². The van der Waals surface area contributed by atoms with Gasteiger partial charge in [-0.15, -0.1) is 0 Å². The topological polar surface area (TPSA) is 87.2 Å². The Labute approximate surface area is 179 Å². The highest BCUT2D eigenvalue weighted by atomic mass is 19.4. The number of carbonyl (C=O) groups excluding carboxylic acids is 2. The third-order valence-electron chi connectivity index (χ3n) is 4.71. The van der Waals surface area contributed by atoms with E-state index >= 15 is 0 Å². The minimum atomic E-state index is -4.84. The molecule has 2 aromatic carbocycles. The molecule has 0 saturated heterocycles. The molecular formula is C23H24F3N3O2. The Hall–Kier alpha value is -3.18. The molecule has 0 heterocycles. The molecule has 0 aliphatic carbocycles. The van der Waals surface area contributed by atoms with E-state index in [4.69, 9.17) is 11.0 Å². The standard InChI is InChI=1S/C23H24F3N3O2/c1-15(2)14-19(28)22(31)29(13-12-27)21(23(24,25)26)18-10-8-17(9-11-18)20(30)16-6-4-3-5-7-16/h3-11,15,19,21H,13-14,28H2,1-2H3/t19-,21-/m0/s1. The number of hydrogen-bond acceptors (Lipinski definition) is 4. The van der Waals surface area contributed by atoms with E-state index in [2.05, 4.69) is 0 Å². The lowest BCUT2D eigenvalue weighted by molar-refractivity contribution is -0.191. The van der Waals surface area contributed by atoms with Gasteiger partial charge in [-0.25, -0.2) is 0 Å². The maximum absolute atomic E-state index is 14.0. The van der Waals surface area contributed by atoms with E-state index in [0.717, 1.165) is 12.1 Å². The third kappa shape index (κ3) is 6.15. The maximum atomic E-state index is 14.0. The second kappa shape index (κ2) is 10.2. The van der Waals surface area contributed by atoms with Crippen molar-refractivity contribution in [3.8, 4) is 6.07 Å². The first-order valence-electron chi connectivity index (χ1n) is 9.75. The molecule has 2 N–H and O–H groups in total. The molecule has 0 aliphatic heterocycles. The number of nitrogens with zero attached hydrogens (tertiary/aromatic N) is 2. The van der Waals surface area contributed by atoms with Gasteiger partial charge in [0.25, 0.3) is 0 Å². The molecule has 0 unspecified atom stereocenters. The zero-order chi connectivity index (χ0) is 23.2. The van der Waals surface area contributed by atoms with Gasteiger partial charge >= 0.3 is 6.18 Å². The normalized spacial score (nSPS) is 13.4. The van der Waals surface area contributed by atoms with Gasteiger partial charge in [0.1, 0.15) is 6.54 Å². The van der Waals surface area contributed by atoms with Crippen LogP contribution in [0.5, 0.6) is 0 Å². The van der Waals surface area contributed by atoms with Crippen LogP contribution in [0.15, 0.2) is 54.6 Å². The molecule has 2 rings (SSSR count). The van der Waals surface area contributed by atoms with Crippen LogP contribution in [0.3, 0.4) is 0 Å². The quantitative estimate of drug-likeness (QED) is 0.500. The van der Waals surface area contributed by atoms with E-state index in [1.54, 1.807) is 50.2 Å². The Balaban J connectivity index is 2.39. The number of ketones is 1. The summed E-state index contributed by atoms with van der Waals surface area (Å²) in [5.74, 6) is -1.28. The van der Waals surface area contributed by atoms with Crippen LogP contribution in [-0.2, 0) is 4.79 Å². The van der Waals surface area contributed by atoms with Crippen LogP contribution in [-0.4, -0.2) is 35.4 Å². The number of amides is 1. The second-order valence-electron chi connectivity index (χ2n) is 7.62. The average Bonchev–Trinajstić information content (AvgIpc) is 2.72. The summed E-state index contributed by atoms with van der Waals surface area (Å²) in [6.07, 6.45) is -4.65. The van der Waals surface area contributed by atoms with Crippen LogP contribution in [0.1, 0.15) is 47.8 Å². The molecule has 1 amide bonds. The van der Waals surface area contributed by atoms with E-state index < -0.39 is 30.7 Å². The predicted octanol–water partition coefficient (Wildman–Crippen LogP) is 4.25. The lowest BCUT2D eigenvalue weighted by atomic mass is 9.97. The number of nitrogens with two attached hydrogens (primary N) is 1. The molecule has 0 aliphatic rings. The van der Waals surface area contributed by atoms with Crippen LogP contribution in [0.4, 0.5) is 13.2 Å². The van der Waals surface area contributed by atoms with Crippen LogP contribution in [0.2, 0.25) is 0 Å². The SMILES string of the molecule is CC(C)C[C@H](N)C(=O)N(CC#N)[C@@H](c1ccc(C(=O)c2ccccc2)cc1)C(F)(F)F. The summed E-state index contributed by atoms with van der Waals surface area (Å²) in [7, 11) is 0. The third-order valence-corrected chi connectivity index (χ3v) is 4.71. The Kier molecular flexibility index (Phi) is 7.95. The molecule has 0 bridgehead atoms. The number of carbonyl (C=O) groups is 2. The largest absolute Gasteiger partial charge is 0.413 e. The van der Waals surface area contributed by atoms with Crippen molar-refractivity contribution in [3.63, 3.8) is 0 Å². The van der Waals surface area contributed by atoms with Crippen LogP contribution < -0.4 is 5.73 Å². The fraction of sp³-hybridized carbons (Fsp3) is 0.348. The molecule has 0 radical (unpaired) electrons. The summed E-state index contributed by atoms with van der Waals surface area (Å²) in [4.78, 5) is 25.7. The van der Waals surface area contributed by atoms with Crippen molar-refractivity contribution in [1.82, 2.24) is 4.90 Å². The molecule has 8 heteroatoms. The van der Waals surface area contributed by atoms with Crippen molar-refractivity contribution in [2.45, 2.75) is 38.5 Å². The molecular weight excluding hydrogens is 407 g/mol. The molecule has 5 nitrogen and oxygen atoms in total.